The first-order valence-electron chi connectivity index (χ1n) is 8.06. The lowest BCUT2D eigenvalue weighted by Crippen LogP contribution is -2.34. The SMILES string of the molecule is Cc1ccc(/C=C2/SC(=S)N([C@H](CC(=O)O)c3ccccc3)C2=O)cc1. The highest BCUT2D eigenvalue weighted by Crippen LogP contribution is 2.39. The predicted octanol–water partition coefficient (Wildman–Crippen LogP) is 4.41. The summed E-state index contributed by atoms with van der Waals surface area (Å²) >= 11 is 6.60. The summed E-state index contributed by atoms with van der Waals surface area (Å²) < 4.78 is 0.378. The summed E-state index contributed by atoms with van der Waals surface area (Å²) in [5.74, 6) is -1.23. The Kier molecular flexibility index (Phi) is 5.54. The lowest BCUT2D eigenvalue weighted by molar-refractivity contribution is -0.138. The molecule has 1 fully saturated rings. The average Bonchev–Trinajstić information content (AvgIpc) is 2.89. The van der Waals surface area contributed by atoms with Crippen LogP contribution in [0.25, 0.3) is 6.08 Å². The molecule has 2 aromatic rings. The van der Waals surface area contributed by atoms with E-state index in [0.717, 1.165) is 16.7 Å². The third-order valence-electron chi connectivity index (χ3n) is 4.06. The van der Waals surface area contributed by atoms with Gasteiger partial charge in [0.15, 0.2) is 0 Å². The van der Waals surface area contributed by atoms with Crippen LogP contribution in [0, 0.1) is 6.92 Å². The molecule has 1 aliphatic heterocycles. The Morgan fingerprint density at radius 1 is 1.19 bits per heavy atom. The number of carboxylic acid groups (broad SMARTS) is 1. The minimum Gasteiger partial charge on any atom is -0.481 e. The van der Waals surface area contributed by atoms with Gasteiger partial charge in [0, 0.05) is 0 Å². The molecule has 1 atom stereocenters. The average molecular weight is 383 g/mol. The van der Waals surface area contributed by atoms with E-state index >= 15 is 0 Å². The first-order valence-corrected chi connectivity index (χ1v) is 9.28. The van der Waals surface area contributed by atoms with Crippen LogP contribution in [0.5, 0.6) is 0 Å². The minimum absolute atomic E-state index is 0.200. The highest BCUT2D eigenvalue weighted by Gasteiger charge is 2.38. The van der Waals surface area contributed by atoms with Gasteiger partial charge in [0.1, 0.15) is 4.32 Å². The maximum Gasteiger partial charge on any atom is 0.305 e. The number of carbonyl (C=O) groups excluding carboxylic acids is 1. The molecule has 1 heterocycles. The van der Waals surface area contributed by atoms with Gasteiger partial charge in [0.05, 0.1) is 17.4 Å². The van der Waals surface area contributed by atoms with Crippen molar-refractivity contribution in [1.29, 1.82) is 0 Å². The van der Waals surface area contributed by atoms with Crippen molar-refractivity contribution in [2.24, 2.45) is 0 Å². The molecule has 1 aliphatic rings. The normalized spacial score (nSPS) is 17.0. The van der Waals surface area contributed by atoms with E-state index in [1.54, 1.807) is 6.08 Å². The van der Waals surface area contributed by atoms with E-state index < -0.39 is 12.0 Å². The van der Waals surface area contributed by atoms with E-state index in [1.807, 2.05) is 61.5 Å². The largest absolute Gasteiger partial charge is 0.481 e. The van der Waals surface area contributed by atoms with Crippen molar-refractivity contribution in [3.05, 3.63) is 76.2 Å². The Labute approximate surface area is 161 Å². The lowest BCUT2D eigenvalue weighted by Gasteiger charge is -2.26. The van der Waals surface area contributed by atoms with Crippen molar-refractivity contribution in [1.82, 2.24) is 4.90 Å². The summed E-state index contributed by atoms with van der Waals surface area (Å²) in [5, 5.41) is 9.30. The number of nitrogens with zero attached hydrogens (tertiary/aromatic N) is 1. The molecule has 4 nitrogen and oxygen atoms in total. The number of hydrogen-bond donors (Lipinski definition) is 1. The molecule has 0 aliphatic carbocycles. The number of aryl methyl sites for hydroxylation is 1. The summed E-state index contributed by atoms with van der Waals surface area (Å²) in [6, 6.07) is 16.3. The zero-order valence-electron chi connectivity index (χ0n) is 14.1. The summed E-state index contributed by atoms with van der Waals surface area (Å²) in [7, 11) is 0. The Morgan fingerprint density at radius 2 is 1.85 bits per heavy atom. The van der Waals surface area contributed by atoms with Crippen molar-refractivity contribution in [2.45, 2.75) is 19.4 Å². The van der Waals surface area contributed by atoms with Crippen LogP contribution in [0.2, 0.25) is 0 Å². The number of rotatable bonds is 5. The van der Waals surface area contributed by atoms with Crippen LogP contribution in [0.1, 0.15) is 29.2 Å². The second-order valence-corrected chi connectivity index (χ2v) is 7.66. The van der Waals surface area contributed by atoms with E-state index in [9.17, 15) is 14.7 Å². The van der Waals surface area contributed by atoms with Crippen molar-refractivity contribution < 1.29 is 14.7 Å². The Morgan fingerprint density at radius 3 is 2.46 bits per heavy atom. The molecular weight excluding hydrogens is 366 g/mol. The van der Waals surface area contributed by atoms with Crippen molar-refractivity contribution in [2.75, 3.05) is 0 Å². The molecule has 2 aromatic carbocycles. The second kappa shape index (κ2) is 7.85. The van der Waals surface area contributed by atoms with Gasteiger partial charge in [-0.15, -0.1) is 0 Å². The van der Waals surface area contributed by atoms with Crippen LogP contribution in [0.3, 0.4) is 0 Å². The fraction of sp³-hybridized carbons (Fsp3) is 0.150. The summed E-state index contributed by atoms with van der Waals surface area (Å²) in [6.07, 6.45) is 1.59. The van der Waals surface area contributed by atoms with Gasteiger partial charge >= 0.3 is 5.97 Å². The molecule has 0 radical (unpaired) electrons. The number of hydrogen-bond acceptors (Lipinski definition) is 4. The molecule has 6 heteroatoms. The molecular formula is C20H17NO3S2. The quantitative estimate of drug-likeness (QED) is 0.612. The van der Waals surface area contributed by atoms with Gasteiger partial charge in [-0.05, 0) is 24.1 Å². The molecule has 0 bridgehead atoms. The van der Waals surface area contributed by atoms with Crippen molar-refractivity contribution >= 4 is 46.3 Å². The molecule has 26 heavy (non-hydrogen) atoms. The third-order valence-corrected chi connectivity index (χ3v) is 5.39. The molecule has 1 N–H and O–H groups in total. The number of amides is 1. The maximum atomic E-state index is 12.9. The monoisotopic (exact) mass is 383 g/mol. The molecule has 1 saturated heterocycles. The number of aliphatic carboxylic acids is 1. The molecule has 132 valence electrons. The van der Waals surface area contributed by atoms with Gasteiger partial charge in [0.25, 0.3) is 5.91 Å². The number of thioether (sulfide) groups is 1. The highest BCUT2D eigenvalue weighted by atomic mass is 32.2. The first kappa shape index (κ1) is 18.4. The zero-order valence-corrected chi connectivity index (χ0v) is 15.7. The van der Waals surface area contributed by atoms with Crippen LogP contribution in [0.4, 0.5) is 0 Å². The van der Waals surface area contributed by atoms with Crippen LogP contribution in [-0.4, -0.2) is 26.2 Å². The summed E-state index contributed by atoms with van der Waals surface area (Å²) in [5.41, 5.74) is 2.80. The van der Waals surface area contributed by atoms with Gasteiger partial charge in [-0.1, -0.05) is 84.1 Å². The number of thiocarbonyl (C=S) groups is 1. The minimum atomic E-state index is -0.976. The molecule has 0 unspecified atom stereocenters. The molecule has 0 spiro atoms. The molecule has 3 rings (SSSR count). The van der Waals surface area contributed by atoms with Gasteiger partial charge in [0.2, 0.25) is 0 Å². The van der Waals surface area contributed by atoms with Crippen LogP contribution >= 0.6 is 24.0 Å². The standard InChI is InChI=1S/C20H17NO3S2/c1-13-7-9-14(10-8-13)11-17-19(24)21(20(25)26-17)16(12-18(22)23)15-5-3-2-4-6-15/h2-11,16H,12H2,1H3,(H,22,23)/b17-11+/t16-/m1/s1. The van der Waals surface area contributed by atoms with E-state index in [4.69, 9.17) is 12.2 Å². The zero-order chi connectivity index (χ0) is 18.7. The Balaban J connectivity index is 1.93. The Hall–Kier alpha value is -2.44. The fourth-order valence-corrected chi connectivity index (χ4v) is 4.12. The van der Waals surface area contributed by atoms with Gasteiger partial charge in [-0.2, -0.15) is 0 Å². The van der Waals surface area contributed by atoms with Crippen LogP contribution in [0.15, 0.2) is 59.5 Å². The predicted molar refractivity (Wildman–Crippen MR) is 108 cm³/mol. The smallest absolute Gasteiger partial charge is 0.305 e. The first-order chi connectivity index (χ1) is 12.5. The maximum absolute atomic E-state index is 12.9. The molecule has 0 saturated carbocycles. The third kappa shape index (κ3) is 4.03. The van der Waals surface area contributed by atoms with Crippen molar-refractivity contribution in [3.8, 4) is 0 Å². The lowest BCUT2D eigenvalue weighted by atomic mass is 10.0. The highest BCUT2D eigenvalue weighted by molar-refractivity contribution is 8.26. The summed E-state index contributed by atoms with van der Waals surface area (Å²) in [4.78, 5) is 26.2. The van der Waals surface area contributed by atoms with Gasteiger partial charge in [-0.25, -0.2) is 0 Å². The molecule has 0 aromatic heterocycles. The second-order valence-electron chi connectivity index (χ2n) is 5.99. The molecule has 1 amide bonds. The number of benzene rings is 2. The van der Waals surface area contributed by atoms with E-state index in [1.165, 1.54) is 16.7 Å². The van der Waals surface area contributed by atoms with E-state index in [-0.39, 0.29) is 12.3 Å². The fourth-order valence-electron chi connectivity index (χ4n) is 2.76. The van der Waals surface area contributed by atoms with E-state index in [0.29, 0.717) is 9.23 Å². The van der Waals surface area contributed by atoms with Crippen molar-refractivity contribution in [3.63, 3.8) is 0 Å². The van der Waals surface area contributed by atoms with Gasteiger partial charge < -0.3 is 5.11 Å². The number of carboxylic acids is 1. The topological polar surface area (TPSA) is 57.6 Å². The van der Waals surface area contributed by atoms with Crippen LogP contribution in [-0.2, 0) is 9.59 Å². The van der Waals surface area contributed by atoms with Crippen LogP contribution < -0.4 is 0 Å². The number of carbonyl (C=O) groups is 2. The Bertz CT molecular complexity index is 876. The van der Waals surface area contributed by atoms with E-state index in [2.05, 4.69) is 0 Å². The summed E-state index contributed by atoms with van der Waals surface area (Å²) in [6.45, 7) is 2.00. The van der Waals surface area contributed by atoms with Gasteiger partial charge in [-0.3, -0.25) is 14.5 Å².